The highest BCUT2D eigenvalue weighted by atomic mass is 19.4. The van der Waals surface area contributed by atoms with Gasteiger partial charge in [-0.3, -0.25) is 0 Å². The highest BCUT2D eigenvalue weighted by Gasteiger charge is 2.29. The molecular weight excluding hydrogens is 279 g/mol. The fourth-order valence-corrected chi connectivity index (χ4v) is 1.93. The SMILES string of the molecule is OCc1ccc(CNCc2ccc(C(F)(F)F)cc2)cc1. The normalized spacial score (nSPS) is 11.6. The second-order valence-corrected chi connectivity index (χ2v) is 4.77. The molecule has 0 aromatic heterocycles. The maximum Gasteiger partial charge on any atom is 0.416 e. The molecule has 0 atom stereocenters. The van der Waals surface area contributed by atoms with E-state index >= 15 is 0 Å². The van der Waals surface area contributed by atoms with Crippen LogP contribution in [0.4, 0.5) is 13.2 Å². The summed E-state index contributed by atoms with van der Waals surface area (Å²) >= 11 is 0. The summed E-state index contributed by atoms with van der Waals surface area (Å²) in [6.45, 7) is 1.13. The Morgan fingerprint density at radius 1 is 0.762 bits per heavy atom. The third-order valence-electron chi connectivity index (χ3n) is 3.15. The molecule has 0 saturated carbocycles. The molecular formula is C16H16F3NO. The number of halogens is 3. The van der Waals surface area contributed by atoms with E-state index in [1.807, 2.05) is 24.3 Å². The quantitative estimate of drug-likeness (QED) is 0.885. The Labute approximate surface area is 121 Å². The Morgan fingerprint density at radius 2 is 1.19 bits per heavy atom. The van der Waals surface area contributed by atoms with Gasteiger partial charge in [0.2, 0.25) is 0 Å². The van der Waals surface area contributed by atoms with Crippen LogP contribution >= 0.6 is 0 Å². The maximum absolute atomic E-state index is 12.4. The van der Waals surface area contributed by atoms with E-state index in [4.69, 9.17) is 5.11 Å². The van der Waals surface area contributed by atoms with E-state index in [-0.39, 0.29) is 6.61 Å². The molecule has 0 amide bonds. The average Bonchev–Trinajstić information content (AvgIpc) is 2.47. The third kappa shape index (κ3) is 4.58. The first-order valence-electron chi connectivity index (χ1n) is 6.54. The van der Waals surface area contributed by atoms with Crippen LogP contribution in [0, 0.1) is 0 Å². The second-order valence-electron chi connectivity index (χ2n) is 4.77. The minimum atomic E-state index is -4.29. The summed E-state index contributed by atoms with van der Waals surface area (Å²) in [4.78, 5) is 0. The van der Waals surface area contributed by atoms with Gasteiger partial charge in [-0.25, -0.2) is 0 Å². The van der Waals surface area contributed by atoms with Crippen molar-refractivity contribution in [3.05, 3.63) is 70.8 Å². The lowest BCUT2D eigenvalue weighted by Crippen LogP contribution is -2.13. The van der Waals surface area contributed by atoms with Gasteiger partial charge in [-0.2, -0.15) is 13.2 Å². The fourth-order valence-electron chi connectivity index (χ4n) is 1.93. The van der Waals surface area contributed by atoms with Crippen molar-refractivity contribution in [3.63, 3.8) is 0 Å². The minimum Gasteiger partial charge on any atom is -0.392 e. The van der Waals surface area contributed by atoms with Gasteiger partial charge in [0.15, 0.2) is 0 Å². The van der Waals surface area contributed by atoms with Gasteiger partial charge in [-0.1, -0.05) is 36.4 Å². The zero-order chi connectivity index (χ0) is 15.3. The van der Waals surface area contributed by atoms with Crippen LogP contribution in [0.3, 0.4) is 0 Å². The molecule has 2 rings (SSSR count). The van der Waals surface area contributed by atoms with Gasteiger partial charge in [0, 0.05) is 13.1 Å². The lowest BCUT2D eigenvalue weighted by Gasteiger charge is -2.09. The Kier molecular flexibility index (Phi) is 4.98. The van der Waals surface area contributed by atoms with E-state index in [9.17, 15) is 13.2 Å². The molecule has 0 bridgehead atoms. The minimum absolute atomic E-state index is 0.0132. The van der Waals surface area contributed by atoms with Crippen molar-refractivity contribution in [3.8, 4) is 0 Å². The van der Waals surface area contributed by atoms with Gasteiger partial charge in [0.1, 0.15) is 0 Å². The Morgan fingerprint density at radius 3 is 1.62 bits per heavy atom. The van der Waals surface area contributed by atoms with Crippen LogP contribution in [-0.4, -0.2) is 5.11 Å². The highest BCUT2D eigenvalue weighted by molar-refractivity contribution is 5.25. The first-order valence-corrected chi connectivity index (χ1v) is 6.54. The number of alkyl halides is 3. The summed E-state index contributed by atoms with van der Waals surface area (Å²) in [6, 6.07) is 12.6. The molecule has 0 aliphatic carbocycles. The van der Waals surface area contributed by atoms with Gasteiger partial charge >= 0.3 is 6.18 Å². The number of aliphatic hydroxyl groups excluding tert-OH is 1. The van der Waals surface area contributed by atoms with Crippen molar-refractivity contribution in [1.29, 1.82) is 0 Å². The van der Waals surface area contributed by atoms with Crippen molar-refractivity contribution >= 4 is 0 Å². The average molecular weight is 295 g/mol. The van der Waals surface area contributed by atoms with Crippen LogP contribution in [0.5, 0.6) is 0 Å². The number of benzene rings is 2. The summed E-state index contributed by atoms with van der Waals surface area (Å²) in [5.74, 6) is 0. The van der Waals surface area contributed by atoms with E-state index in [1.54, 1.807) is 0 Å². The highest BCUT2D eigenvalue weighted by Crippen LogP contribution is 2.29. The molecule has 21 heavy (non-hydrogen) atoms. The molecule has 0 heterocycles. The number of rotatable bonds is 5. The lowest BCUT2D eigenvalue weighted by atomic mass is 10.1. The summed E-state index contributed by atoms with van der Waals surface area (Å²) in [5, 5.41) is 12.1. The zero-order valence-electron chi connectivity index (χ0n) is 11.3. The summed E-state index contributed by atoms with van der Waals surface area (Å²) in [5.41, 5.74) is 2.07. The first-order chi connectivity index (χ1) is 9.99. The van der Waals surface area contributed by atoms with Crippen LogP contribution in [0.15, 0.2) is 48.5 Å². The van der Waals surface area contributed by atoms with Crippen LogP contribution in [0.1, 0.15) is 22.3 Å². The van der Waals surface area contributed by atoms with Crippen molar-refractivity contribution < 1.29 is 18.3 Å². The van der Waals surface area contributed by atoms with E-state index < -0.39 is 11.7 Å². The zero-order valence-corrected chi connectivity index (χ0v) is 11.3. The van der Waals surface area contributed by atoms with E-state index in [2.05, 4.69) is 5.32 Å². The van der Waals surface area contributed by atoms with E-state index in [0.29, 0.717) is 13.1 Å². The van der Waals surface area contributed by atoms with Gasteiger partial charge in [-0.15, -0.1) is 0 Å². The molecule has 0 aliphatic heterocycles. The topological polar surface area (TPSA) is 32.3 Å². The monoisotopic (exact) mass is 295 g/mol. The Balaban J connectivity index is 1.85. The van der Waals surface area contributed by atoms with Gasteiger partial charge < -0.3 is 10.4 Å². The largest absolute Gasteiger partial charge is 0.416 e. The Bertz CT molecular complexity index is 562. The van der Waals surface area contributed by atoms with Crippen molar-refractivity contribution in [1.82, 2.24) is 5.32 Å². The number of hydrogen-bond acceptors (Lipinski definition) is 2. The second kappa shape index (κ2) is 6.74. The molecule has 0 radical (unpaired) electrons. The lowest BCUT2D eigenvalue weighted by molar-refractivity contribution is -0.137. The van der Waals surface area contributed by atoms with E-state index in [1.165, 1.54) is 12.1 Å². The molecule has 112 valence electrons. The van der Waals surface area contributed by atoms with E-state index in [0.717, 1.165) is 28.8 Å². The molecule has 0 spiro atoms. The van der Waals surface area contributed by atoms with Crippen LogP contribution in [-0.2, 0) is 25.9 Å². The molecule has 0 unspecified atom stereocenters. The standard InChI is InChI=1S/C16H16F3NO/c17-16(18,19)15-7-5-13(6-8-15)10-20-9-12-1-3-14(11-21)4-2-12/h1-8,20-21H,9-11H2. The van der Waals surface area contributed by atoms with Crippen molar-refractivity contribution in [2.24, 2.45) is 0 Å². The molecule has 0 aliphatic rings. The first kappa shape index (κ1) is 15.5. The van der Waals surface area contributed by atoms with Crippen LogP contribution < -0.4 is 5.32 Å². The molecule has 2 aromatic rings. The summed E-state index contributed by atoms with van der Waals surface area (Å²) < 4.78 is 37.3. The predicted octanol–water partition coefficient (Wildman–Crippen LogP) is 3.49. The van der Waals surface area contributed by atoms with Gasteiger partial charge in [-0.05, 0) is 28.8 Å². The summed E-state index contributed by atoms with van der Waals surface area (Å²) in [6.07, 6.45) is -4.29. The molecule has 0 fully saturated rings. The summed E-state index contributed by atoms with van der Waals surface area (Å²) in [7, 11) is 0. The molecule has 0 saturated heterocycles. The van der Waals surface area contributed by atoms with Crippen molar-refractivity contribution in [2.45, 2.75) is 25.9 Å². The molecule has 2 nitrogen and oxygen atoms in total. The van der Waals surface area contributed by atoms with Crippen LogP contribution in [0.2, 0.25) is 0 Å². The van der Waals surface area contributed by atoms with Crippen molar-refractivity contribution in [2.75, 3.05) is 0 Å². The van der Waals surface area contributed by atoms with Gasteiger partial charge in [0.25, 0.3) is 0 Å². The molecule has 2 aromatic carbocycles. The Hall–Kier alpha value is -1.85. The fraction of sp³-hybridized carbons (Fsp3) is 0.250. The third-order valence-corrected chi connectivity index (χ3v) is 3.15. The number of hydrogen-bond donors (Lipinski definition) is 2. The molecule has 2 N–H and O–H groups in total. The smallest absolute Gasteiger partial charge is 0.392 e. The maximum atomic E-state index is 12.4. The van der Waals surface area contributed by atoms with Gasteiger partial charge in [0.05, 0.1) is 12.2 Å². The predicted molar refractivity (Wildman–Crippen MR) is 74.4 cm³/mol. The number of aliphatic hydroxyl groups is 1. The number of nitrogens with one attached hydrogen (secondary N) is 1. The van der Waals surface area contributed by atoms with Crippen LogP contribution in [0.25, 0.3) is 0 Å². The molecule has 5 heteroatoms.